The molecule has 0 aromatic carbocycles. The van der Waals surface area contributed by atoms with Crippen LogP contribution in [0.5, 0.6) is 0 Å². The standard InChI is InChI=1S/C17H19N3O2S2/c21-15(19-17-18-7-9-23-17)13-5-3-8-20(13)16(22)12-10-24-14-6-2-1-4-11(12)14/h7,9-10,13H,1-6,8H2,(H,18,19,21). The Hall–Kier alpha value is -1.73. The molecule has 1 N–H and O–H groups in total. The Kier molecular flexibility index (Phi) is 4.37. The van der Waals surface area contributed by atoms with Crippen molar-refractivity contribution in [3.63, 3.8) is 0 Å². The number of nitrogens with zero attached hydrogens (tertiary/aromatic N) is 2. The zero-order chi connectivity index (χ0) is 16.5. The molecule has 7 heteroatoms. The monoisotopic (exact) mass is 361 g/mol. The number of fused-ring (bicyclic) bond motifs is 1. The van der Waals surface area contributed by atoms with Crippen molar-refractivity contribution in [2.24, 2.45) is 0 Å². The van der Waals surface area contributed by atoms with E-state index < -0.39 is 0 Å². The van der Waals surface area contributed by atoms with Crippen molar-refractivity contribution in [2.75, 3.05) is 11.9 Å². The van der Waals surface area contributed by atoms with E-state index in [4.69, 9.17) is 0 Å². The SMILES string of the molecule is O=C(Nc1nccs1)C1CCCN1C(=O)c1csc2c1CCCC2. The van der Waals surface area contributed by atoms with Crippen LogP contribution >= 0.6 is 22.7 Å². The number of carbonyl (C=O) groups is 2. The summed E-state index contributed by atoms with van der Waals surface area (Å²) >= 11 is 3.09. The maximum absolute atomic E-state index is 13.0. The number of anilines is 1. The second-order valence-electron chi connectivity index (χ2n) is 6.24. The van der Waals surface area contributed by atoms with Crippen LogP contribution in [0.25, 0.3) is 0 Å². The first kappa shape index (κ1) is 15.8. The summed E-state index contributed by atoms with van der Waals surface area (Å²) in [5.41, 5.74) is 2.05. The molecule has 2 amide bonds. The van der Waals surface area contributed by atoms with E-state index in [0.717, 1.165) is 37.7 Å². The molecule has 1 fully saturated rings. The fourth-order valence-electron chi connectivity index (χ4n) is 3.58. The van der Waals surface area contributed by atoms with Gasteiger partial charge in [-0.3, -0.25) is 9.59 Å². The van der Waals surface area contributed by atoms with E-state index in [1.807, 2.05) is 10.8 Å². The highest BCUT2D eigenvalue weighted by atomic mass is 32.1. The van der Waals surface area contributed by atoms with Gasteiger partial charge in [-0.2, -0.15) is 0 Å². The van der Waals surface area contributed by atoms with E-state index in [9.17, 15) is 9.59 Å². The van der Waals surface area contributed by atoms with E-state index in [0.29, 0.717) is 11.7 Å². The summed E-state index contributed by atoms with van der Waals surface area (Å²) in [5, 5.41) is 7.24. The van der Waals surface area contributed by atoms with E-state index in [2.05, 4.69) is 10.3 Å². The molecule has 1 aliphatic heterocycles. The fourth-order valence-corrected chi connectivity index (χ4v) is 5.24. The number of nitrogens with one attached hydrogen (secondary N) is 1. The molecule has 1 aliphatic carbocycles. The third-order valence-corrected chi connectivity index (χ3v) is 6.55. The topological polar surface area (TPSA) is 62.3 Å². The molecule has 0 saturated carbocycles. The van der Waals surface area contributed by atoms with Crippen LogP contribution in [0.3, 0.4) is 0 Å². The summed E-state index contributed by atoms with van der Waals surface area (Å²) in [4.78, 5) is 32.8. The molecule has 0 spiro atoms. The Bertz CT molecular complexity index is 754. The number of amides is 2. The van der Waals surface area contributed by atoms with Crippen molar-refractivity contribution >= 4 is 39.6 Å². The van der Waals surface area contributed by atoms with Crippen molar-refractivity contribution in [2.45, 2.75) is 44.6 Å². The second-order valence-corrected chi connectivity index (χ2v) is 8.10. The van der Waals surface area contributed by atoms with Gasteiger partial charge >= 0.3 is 0 Å². The van der Waals surface area contributed by atoms with Gasteiger partial charge in [0.25, 0.3) is 5.91 Å². The lowest BCUT2D eigenvalue weighted by Crippen LogP contribution is -2.43. The fraction of sp³-hybridized carbons (Fsp3) is 0.471. The largest absolute Gasteiger partial charge is 0.327 e. The highest BCUT2D eigenvalue weighted by molar-refractivity contribution is 7.13. The minimum atomic E-state index is -0.388. The van der Waals surface area contributed by atoms with Crippen LogP contribution in [-0.4, -0.2) is 34.3 Å². The number of hydrogen-bond acceptors (Lipinski definition) is 5. The van der Waals surface area contributed by atoms with E-state index in [1.54, 1.807) is 22.4 Å². The van der Waals surface area contributed by atoms with Crippen LogP contribution in [0.15, 0.2) is 17.0 Å². The number of aromatic nitrogens is 1. The van der Waals surface area contributed by atoms with Gasteiger partial charge in [0.15, 0.2) is 5.13 Å². The number of likely N-dealkylation sites (tertiary alicyclic amines) is 1. The summed E-state index contributed by atoms with van der Waals surface area (Å²) in [6, 6.07) is -0.388. The van der Waals surface area contributed by atoms with Gasteiger partial charge in [-0.05, 0) is 44.1 Å². The first-order valence-corrected chi connectivity index (χ1v) is 10.1. The lowest BCUT2D eigenvalue weighted by molar-refractivity contribution is -0.119. The van der Waals surface area contributed by atoms with Crippen LogP contribution in [0, 0.1) is 0 Å². The minimum Gasteiger partial charge on any atom is -0.327 e. The molecule has 126 valence electrons. The number of carbonyl (C=O) groups excluding carboxylic acids is 2. The van der Waals surface area contributed by atoms with Gasteiger partial charge < -0.3 is 10.2 Å². The first-order valence-electron chi connectivity index (χ1n) is 8.34. The second kappa shape index (κ2) is 6.64. The molecule has 1 saturated heterocycles. The van der Waals surface area contributed by atoms with Crippen molar-refractivity contribution in [3.8, 4) is 0 Å². The van der Waals surface area contributed by atoms with E-state index in [-0.39, 0.29) is 17.9 Å². The molecule has 5 nitrogen and oxygen atoms in total. The molecule has 4 rings (SSSR count). The molecule has 0 radical (unpaired) electrons. The minimum absolute atomic E-state index is 0.0196. The molecule has 1 atom stereocenters. The summed E-state index contributed by atoms with van der Waals surface area (Å²) in [6.45, 7) is 0.652. The molecular weight excluding hydrogens is 342 g/mol. The lowest BCUT2D eigenvalue weighted by Gasteiger charge is -2.24. The van der Waals surface area contributed by atoms with Gasteiger partial charge in [-0.15, -0.1) is 22.7 Å². The zero-order valence-corrected chi connectivity index (χ0v) is 14.9. The van der Waals surface area contributed by atoms with Crippen LogP contribution in [0.4, 0.5) is 5.13 Å². The Morgan fingerprint density at radius 2 is 2.08 bits per heavy atom. The van der Waals surface area contributed by atoms with Crippen molar-refractivity contribution in [1.29, 1.82) is 0 Å². The number of thiophene rings is 1. The Labute approximate surface area is 148 Å². The highest BCUT2D eigenvalue weighted by Gasteiger charge is 2.36. The quantitative estimate of drug-likeness (QED) is 0.912. The predicted molar refractivity (Wildman–Crippen MR) is 95.8 cm³/mol. The Balaban J connectivity index is 1.53. The maximum atomic E-state index is 13.0. The van der Waals surface area contributed by atoms with E-state index >= 15 is 0 Å². The average Bonchev–Trinajstić information content (AvgIpc) is 3.34. The third-order valence-electron chi connectivity index (χ3n) is 4.77. The van der Waals surface area contributed by atoms with Gasteiger partial charge in [-0.1, -0.05) is 0 Å². The number of aryl methyl sites for hydroxylation is 1. The molecule has 2 aliphatic rings. The molecule has 2 aromatic heterocycles. The Morgan fingerprint density at radius 1 is 1.21 bits per heavy atom. The van der Waals surface area contributed by atoms with Gasteiger partial charge in [0.2, 0.25) is 5.91 Å². The van der Waals surface area contributed by atoms with Crippen LogP contribution in [0.2, 0.25) is 0 Å². The van der Waals surface area contributed by atoms with Gasteiger partial charge in [0.1, 0.15) is 6.04 Å². The molecule has 24 heavy (non-hydrogen) atoms. The van der Waals surface area contributed by atoms with Gasteiger partial charge in [0, 0.05) is 28.4 Å². The van der Waals surface area contributed by atoms with Gasteiger partial charge in [-0.25, -0.2) is 4.98 Å². The summed E-state index contributed by atoms with van der Waals surface area (Å²) < 4.78 is 0. The third kappa shape index (κ3) is 2.86. The van der Waals surface area contributed by atoms with Crippen molar-refractivity contribution < 1.29 is 9.59 Å². The highest BCUT2D eigenvalue weighted by Crippen LogP contribution is 2.32. The van der Waals surface area contributed by atoms with Gasteiger partial charge in [0.05, 0.1) is 5.56 Å². The van der Waals surface area contributed by atoms with Crippen LogP contribution in [-0.2, 0) is 17.6 Å². The first-order chi connectivity index (χ1) is 11.7. The number of rotatable bonds is 3. The van der Waals surface area contributed by atoms with Crippen molar-refractivity contribution in [3.05, 3.63) is 33.0 Å². The normalized spacial score (nSPS) is 20.0. The summed E-state index contributed by atoms with van der Waals surface area (Å²) in [7, 11) is 0. The number of thiazole rings is 1. The molecule has 2 aromatic rings. The molecule has 1 unspecified atom stereocenters. The van der Waals surface area contributed by atoms with Crippen molar-refractivity contribution in [1.82, 2.24) is 9.88 Å². The van der Waals surface area contributed by atoms with Crippen LogP contribution < -0.4 is 5.32 Å². The molecule has 0 bridgehead atoms. The smallest absolute Gasteiger partial charge is 0.255 e. The summed E-state index contributed by atoms with van der Waals surface area (Å²) in [6.07, 6.45) is 7.69. The number of hydrogen-bond donors (Lipinski definition) is 1. The predicted octanol–water partition coefficient (Wildman–Crippen LogP) is 3.33. The average molecular weight is 361 g/mol. The molecule has 3 heterocycles. The van der Waals surface area contributed by atoms with Crippen LogP contribution in [0.1, 0.15) is 46.5 Å². The zero-order valence-electron chi connectivity index (χ0n) is 13.3. The Morgan fingerprint density at radius 3 is 2.92 bits per heavy atom. The lowest BCUT2D eigenvalue weighted by atomic mass is 9.95. The summed E-state index contributed by atoms with van der Waals surface area (Å²) in [5.74, 6) is -0.105. The van der Waals surface area contributed by atoms with E-state index in [1.165, 1.54) is 28.2 Å². The maximum Gasteiger partial charge on any atom is 0.255 e. The molecular formula is C17H19N3O2S2.